The Bertz CT molecular complexity index is 557. The van der Waals surface area contributed by atoms with Crippen LogP contribution in [0.2, 0.25) is 0 Å². The number of benzene rings is 1. The third kappa shape index (κ3) is 4.83. The van der Waals surface area contributed by atoms with E-state index >= 15 is 0 Å². The Kier molecular flexibility index (Phi) is 6.25. The molecule has 0 saturated heterocycles. The molecule has 1 N–H and O–H groups in total. The standard InChI is InChI=1S/C13H18N4O4/c1-3-5-6-10(4-2)14-15-12-8-7-11(16(18)19)9-13(12)17(20)21/h7-9,15H,3-6H2,1-2H3/b14-10-. The Balaban J connectivity index is 2.99. The van der Waals surface area contributed by atoms with Crippen molar-refractivity contribution < 1.29 is 9.85 Å². The summed E-state index contributed by atoms with van der Waals surface area (Å²) < 4.78 is 0. The first-order valence-electron chi connectivity index (χ1n) is 6.73. The van der Waals surface area contributed by atoms with E-state index < -0.39 is 9.85 Å². The van der Waals surface area contributed by atoms with Gasteiger partial charge in [0, 0.05) is 11.8 Å². The molecule has 1 aromatic carbocycles. The van der Waals surface area contributed by atoms with Crippen LogP contribution in [0, 0.1) is 20.2 Å². The molecule has 0 saturated carbocycles. The molecule has 21 heavy (non-hydrogen) atoms. The monoisotopic (exact) mass is 294 g/mol. The lowest BCUT2D eigenvalue weighted by Gasteiger charge is -2.05. The first kappa shape index (κ1) is 16.5. The number of rotatable bonds is 8. The summed E-state index contributed by atoms with van der Waals surface area (Å²) in [6.07, 6.45) is 3.60. The van der Waals surface area contributed by atoms with Crippen molar-refractivity contribution in [1.29, 1.82) is 0 Å². The van der Waals surface area contributed by atoms with Gasteiger partial charge in [-0.3, -0.25) is 25.7 Å². The van der Waals surface area contributed by atoms with Gasteiger partial charge in [-0.2, -0.15) is 5.10 Å². The smallest absolute Gasteiger partial charge is 0.272 e. The van der Waals surface area contributed by atoms with Crippen LogP contribution < -0.4 is 5.43 Å². The molecule has 1 aromatic rings. The van der Waals surface area contributed by atoms with E-state index in [0.29, 0.717) is 0 Å². The Hall–Kier alpha value is -2.51. The molecule has 0 spiro atoms. The fraction of sp³-hybridized carbons (Fsp3) is 0.462. The molecule has 0 radical (unpaired) electrons. The van der Waals surface area contributed by atoms with Crippen molar-refractivity contribution in [3.8, 4) is 0 Å². The molecule has 0 bridgehead atoms. The van der Waals surface area contributed by atoms with Crippen molar-refractivity contribution in [2.75, 3.05) is 5.43 Å². The van der Waals surface area contributed by atoms with Gasteiger partial charge in [-0.1, -0.05) is 20.3 Å². The lowest BCUT2D eigenvalue weighted by molar-refractivity contribution is -0.393. The average molecular weight is 294 g/mol. The second-order valence-corrected chi connectivity index (χ2v) is 4.46. The highest BCUT2D eigenvalue weighted by Crippen LogP contribution is 2.28. The maximum Gasteiger partial charge on any atom is 0.301 e. The molecule has 0 aliphatic heterocycles. The molecule has 1 rings (SSSR count). The van der Waals surface area contributed by atoms with Crippen molar-refractivity contribution in [1.82, 2.24) is 0 Å². The minimum atomic E-state index is -0.668. The summed E-state index contributed by atoms with van der Waals surface area (Å²) in [6.45, 7) is 4.03. The van der Waals surface area contributed by atoms with Gasteiger partial charge < -0.3 is 0 Å². The van der Waals surface area contributed by atoms with Gasteiger partial charge in [0.2, 0.25) is 0 Å². The Labute approximate surface area is 122 Å². The van der Waals surface area contributed by atoms with Gasteiger partial charge >= 0.3 is 5.69 Å². The molecular formula is C13H18N4O4. The molecule has 114 valence electrons. The fourth-order valence-electron chi connectivity index (χ4n) is 1.71. The average Bonchev–Trinajstić information content (AvgIpc) is 2.47. The summed E-state index contributed by atoms with van der Waals surface area (Å²) in [7, 11) is 0. The maximum atomic E-state index is 11.0. The predicted molar refractivity (Wildman–Crippen MR) is 80.6 cm³/mol. The number of nitro benzene ring substituents is 2. The van der Waals surface area contributed by atoms with E-state index in [4.69, 9.17) is 0 Å². The van der Waals surface area contributed by atoms with Crippen LogP contribution in [0.15, 0.2) is 23.3 Å². The van der Waals surface area contributed by atoms with Crippen LogP contribution >= 0.6 is 0 Å². The Morgan fingerprint density at radius 3 is 2.48 bits per heavy atom. The lowest BCUT2D eigenvalue weighted by atomic mass is 10.1. The highest BCUT2D eigenvalue weighted by molar-refractivity contribution is 5.85. The van der Waals surface area contributed by atoms with E-state index in [0.717, 1.165) is 37.5 Å². The van der Waals surface area contributed by atoms with Crippen LogP contribution in [-0.4, -0.2) is 15.6 Å². The third-order valence-corrected chi connectivity index (χ3v) is 2.95. The Morgan fingerprint density at radius 2 is 1.95 bits per heavy atom. The summed E-state index contributed by atoms with van der Waals surface area (Å²) in [4.78, 5) is 20.3. The zero-order chi connectivity index (χ0) is 15.8. The fourth-order valence-corrected chi connectivity index (χ4v) is 1.71. The number of nitro groups is 2. The highest BCUT2D eigenvalue weighted by atomic mass is 16.6. The van der Waals surface area contributed by atoms with Crippen molar-refractivity contribution in [3.63, 3.8) is 0 Å². The number of hydrogen-bond donors (Lipinski definition) is 1. The van der Waals surface area contributed by atoms with Crippen LogP contribution in [0.3, 0.4) is 0 Å². The molecule has 0 atom stereocenters. The summed E-state index contributed by atoms with van der Waals surface area (Å²) in [6, 6.07) is 3.44. The van der Waals surface area contributed by atoms with Gasteiger partial charge in [0.15, 0.2) is 0 Å². The molecule has 0 aliphatic rings. The van der Waals surface area contributed by atoms with Crippen LogP contribution in [-0.2, 0) is 0 Å². The molecule has 0 aliphatic carbocycles. The molecule has 8 nitrogen and oxygen atoms in total. The number of anilines is 1. The summed E-state index contributed by atoms with van der Waals surface area (Å²) in [5.74, 6) is 0. The predicted octanol–water partition coefficient (Wildman–Crippen LogP) is 3.87. The van der Waals surface area contributed by atoms with E-state index in [-0.39, 0.29) is 17.1 Å². The maximum absolute atomic E-state index is 11.0. The molecule has 0 heterocycles. The summed E-state index contributed by atoms with van der Waals surface area (Å²) in [5, 5.41) is 25.8. The van der Waals surface area contributed by atoms with E-state index in [1.807, 2.05) is 6.92 Å². The first-order valence-corrected chi connectivity index (χ1v) is 6.73. The van der Waals surface area contributed by atoms with Crippen molar-refractivity contribution in [2.24, 2.45) is 5.10 Å². The van der Waals surface area contributed by atoms with Crippen LogP contribution in [0.5, 0.6) is 0 Å². The number of nitrogens with zero attached hydrogens (tertiary/aromatic N) is 3. The number of nitrogens with one attached hydrogen (secondary N) is 1. The molecule has 8 heteroatoms. The number of non-ortho nitro benzene ring substituents is 1. The van der Waals surface area contributed by atoms with E-state index in [1.54, 1.807) is 0 Å². The molecule has 0 unspecified atom stereocenters. The topological polar surface area (TPSA) is 111 Å². The quantitative estimate of drug-likeness (QED) is 0.444. The lowest BCUT2D eigenvalue weighted by Crippen LogP contribution is -2.03. The zero-order valence-corrected chi connectivity index (χ0v) is 12.0. The second-order valence-electron chi connectivity index (χ2n) is 4.46. The van der Waals surface area contributed by atoms with Crippen LogP contribution in [0.1, 0.15) is 39.5 Å². The van der Waals surface area contributed by atoms with Crippen LogP contribution in [0.4, 0.5) is 17.1 Å². The number of hydrogen-bond acceptors (Lipinski definition) is 6. The summed E-state index contributed by atoms with van der Waals surface area (Å²) >= 11 is 0. The molecular weight excluding hydrogens is 276 g/mol. The van der Waals surface area contributed by atoms with Gasteiger partial charge in [-0.15, -0.1) is 0 Å². The van der Waals surface area contributed by atoms with Gasteiger partial charge in [-0.25, -0.2) is 0 Å². The zero-order valence-electron chi connectivity index (χ0n) is 12.0. The number of hydrazone groups is 1. The molecule has 0 aromatic heterocycles. The SMILES string of the molecule is CCCC/C(CC)=N\Nc1ccc([N+](=O)[O-])cc1[N+](=O)[O-]. The highest BCUT2D eigenvalue weighted by Gasteiger charge is 2.19. The van der Waals surface area contributed by atoms with Crippen LogP contribution in [0.25, 0.3) is 0 Å². The molecule has 0 amide bonds. The van der Waals surface area contributed by atoms with E-state index in [1.165, 1.54) is 12.1 Å². The first-order chi connectivity index (χ1) is 9.99. The second kappa shape index (κ2) is 7.93. The summed E-state index contributed by atoms with van der Waals surface area (Å²) in [5.41, 5.74) is 3.01. The van der Waals surface area contributed by atoms with E-state index in [9.17, 15) is 20.2 Å². The van der Waals surface area contributed by atoms with Crippen molar-refractivity contribution in [3.05, 3.63) is 38.4 Å². The van der Waals surface area contributed by atoms with Crippen molar-refractivity contribution in [2.45, 2.75) is 39.5 Å². The van der Waals surface area contributed by atoms with Gasteiger partial charge in [0.1, 0.15) is 5.69 Å². The minimum Gasteiger partial charge on any atom is -0.272 e. The normalized spacial score (nSPS) is 11.2. The van der Waals surface area contributed by atoms with Gasteiger partial charge in [0.25, 0.3) is 5.69 Å². The molecule has 0 fully saturated rings. The number of unbranched alkanes of at least 4 members (excludes halogenated alkanes) is 1. The van der Waals surface area contributed by atoms with Gasteiger partial charge in [-0.05, 0) is 25.3 Å². The van der Waals surface area contributed by atoms with E-state index in [2.05, 4.69) is 17.5 Å². The largest absolute Gasteiger partial charge is 0.301 e. The van der Waals surface area contributed by atoms with Gasteiger partial charge in [0.05, 0.1) is 15.9 Å². The third-order valence-electron chi connectivity index (χ3n) is 2.95. The van der Waals surface area contributed by atoms with Crippen molar-refractivity contribution >= 4 is 22.8 Å². The Morgan fingerprint density at radius 1 is 1.24 bits per heavy atom. The minimum absolute atomic E-state index is 0.146.